The van der Waals surface area contributed by atoms with Crippen LogP contribution < -0.4 is 16.2 Å². The van der Waals surface area contributed by atoms with Gasteiger partial charge in [-0.05, 0) is 35.9 Å². The number of carbonyl (C=O) groups excluding carboxylic acids is 2. The first-order valence-corrected chi connectivity index (χ1v) is 7.79. The number of hydrogen-bond acceptors (Lipinski definition) is 5. The van der Waals surface area contributed by atoms with Crippen molar-refractivity contribution >= 4 is 17.5 Å². The Morgan fingerprint density at radius 2 is 1.85 bits per heavy atom. The number of rotatable bonds is 5. The molecule has 8 nitrogen and oxygen atoms in total. The Morgan fingerprint density at radius 1 is 1.08 bits per heavy atom. The Morgan fingerprint density at radius 3 is 2.50 bits per heavy atom. The van der Waals surface area contributed by atoms with Gasteiger partial charge in [0.05, 0.1) is 6.26 Å². The van der Waals surface area contributed by atoms with Crippen LogP contribution in [0.3, 0.4) is 0 Å². The van der Waals surface area contributed by atoms with Crippen molar-refractivity contribution in [1.82, 2.24) is 15.1 Å². The lowest BCUT2D eigenvalue weighted by Gasteiger charge is -2.07. The van der Waals surface area contributed by atoms with E-state index in [4.69, 9.17) is 4.42 Å². The second-order valence-corrected chi connectivity index (χ2v) is 5.49. The molecule has 132 valence electrons. The zero-order valence-corrected chi connectivity index (χ0v) is 13.9. The van der Waals surface area contributed by atoms with Crippen LogP contribution in [0.25, 0.3) is 0 Å². The Labute approximate surface area is 148 Å². The minimum absolute atomic E-state index is 0.162. The molecule has 0 radical (unpaired) electrons. The van der Waals surface area contributed by atoms with Crippen molar-refractivity contribution in [3.05, 3.63) is 82.2 Å². The first-order chi connectivity index (χ1) is 12.5. The van der Waals surface area contributed by atoms with Crippen LogP contribution in [-0.4, -0.2) is 21.6 Å². The molecule has 0 unspecified atom stereocenters. The van der Waals surface area contributed by atoms with E-state index in [1.54, 1.807) is 36.4 Å². The average Bonchev–Trinajstić information content (AvgIpc) is 3.18. The van der Waals surface area contributed by atoms with Gasteiger partial charge in [-0.15, -0.1) is 0 Å². The Hall–Kier alpha value is -3.68. The van der Waals surface area contributed by atoms with E-state index in [9.17, 15) is 14.4 Å². The summed E-state index contributed by atoms with van der Waals surface area (Å²) < 4.78 is 6.13. The number of nitrogens with zero attached hydrogens (tertiary/aromatic N) is 2. The summed E-state index contributed by atoms with van der Waals surface area (Å²) in [4.78, 5) is 35.2. The number of aromatic nitrogens is 2. The second kappa shape index (κ2) is 7.47. The van der Waals surface area contributed by atoms with Crippen molar-refractivity contribution in [3.8, 4) is 0 Å². The molecular formula is C18H16N4O4. The van der Waals surface area contributed by atoms with Gasteiger partial charge in [-0.25, -0.2) is 4.68 Å². The highest BCUT2D eigenvalue weighted by atomic mass is 16.3. The number of benzene rings is 1. The first-order valence-electron chi connectivity index (χ1n) is 7.79. The molecule has 3 aromatic rings. The lowest BCUT2D eigenvalue weighted by molar-refractivity contribution is 0.0942. The first kappa shape index (κ1) is 17.2. The van der Waals surface area contributed by atoms with Crippen LogP contribution in [0.4, 0.5) is 5.69 Å². The predicted octanol–water partition coefficient (Wildman–Crippen LogP) is 1.56. The van der Waals surface area contributed by atoms with Gasteiger partial charge in [0.2, 0.25) is 0 Å². The average molecular weight is 352 g/mol. The third-order valence-corrected chi connectivity index (χ3v) is 3.60. The van der Waals surface area contributed by atoms with Gasteiger partial charge < -0.3 is 15.1 Å². The maximum Gasteiger partial charge on any atom is 0.291 e. The third kappa shape index (κ3) is 4.04. The lowest BCUT2D eigenvalue weighted by atomic mass is 10.2. The number of amides is 2. The minimum atomic E-state index is -0.379. The van der Waals surface area contributed by atoms with E-state index in [1.807, 2.05) is 0 Å². The molecule has 0 saturated heterocycles. The monoisotopic (exact) mass is 352 g/mol. The van der Waals surface area contributed by atoms with Crippen LogP contribution >= 0.6 is 0 Å². The molecule has 0 aliphatic heterocycles. The summed E-state index contributed by atoms with van der Waals surface area (Å²) in [6.45, 7) is 0.287. The van der Waals surface area contributed by atoms with Crippen molar-refractivity contribution in [3.63, 3.8) is 0 Å². The molecule has 2 amide bonds. The van der Waals surface area contributed by atoms with E-state index < -0.39 is 0 Å². The molecule has 0 spiro atoms. The summed E-state index contributed by atoms with van der Waals surface area (Å²) in [5, 5.41) is 9.33. The van der Waals surface area contributed by atoms with E-state index >= 15 is 0 Å². The fraction of sp³-hybridized carbons (Fsp3) is 0.111. The number of hydrogen-bond donors (Lipinski definition) is 2. The van der Waals surface area contributed by atoms with Gasteiger partial charge in [0.15, 0.2) is 5.76 Å². The highest BCUT2D eigenvalue weighted by molar-refractivity contribution is 6.02. The standard InChI is InChI=1S/C18H16N4O4/c1-22-16(23)9-8-14(21-22)17(24)19-11-12-4-6-13(7-5-12)20-18(25)15-3-2-10-26-15/h2-10H,11H2,1H3,(H,19,24)(H,20,25). The fourth-order valence-corrected chi connectivity index (χ4v) is 2.20. The van der Waals surface area contributed by atoms with Crippen molar-refractivity contribution in [2.45, 2.75) is 6.54 Å². The normalized spacial score (nSPS) is 10.3. The number of aryl methyl sites for hydroxylation is 1. The molecule has 2 heterocycles. The molecule has 1 aromatic carbocycles. The van der Waals surface area contributed by atoms with E-state index in [0.29, 0.717) is 5.69 Å². The number of furan rings is 1. The van der Waals surface area contributed by atoms with Crippen molar-refractivity contribution in [1.29, 1.82) is 0 Å². The Balaban J connectivity index is 1.57. The minimum Gasteiger partial charge on any atom is -0.459 e. The quantitative estimate of drug-likeness (QED) is 0.725. The lowest BCUT2D eigenvalue weighted by Crippen LogP contribution is -2.28. The van der Waals surface area contributed by atoms with Crippen molar-refractivity contribution in [2.75, 3.05) is 5.32 Å². The number of nitrogens with one attached hydrogen (secondary N) is 2. The maximum absolute atomic E-state index is 12.1. The Bertz CT molecular complexity index is 975. The molecule has 26 heavy (non-hydrogen) atoms. The highest BCUT2D eigenvalue weighted by Gasteiger charge is 2.10. The summed E-state index contributed by atoms with van der Waals surface area (Å²) in [7, 11) is 1.48. The van der Waals surface area contributed by atoms with Gasteiger partial charge in [-0.1, -0.05) is 12.1 Å². The topological polar surface area (TPSA) is 106 Å². The van der Waals surface area contributed by atoms with E-state index in [1.165, 1.54) is 25.4 Å². The molecule has 8 heteroatoms. The summed E-state index contributed by atoms with van der Waals surface area (Å²) in [5.41, 5.74) is 1.34. The summed E-state index contributed by atoms with van der Waals surface area (Å²) in [5.74, 6) is -0.487. The van der Waals surface area contributed by atoms with Gasteiger partial charge in [-0.3, -0.25) is 14.4 Å². The summed E-state index contributed by atoms with van der Waals surface area (Å²) in [6.07, 6.45) is 1.43. The zero-order chi connectivity index (χ0) is 18.5. The van der Waals surface area contributed by atoms with Crippen molar-refractivity contribution < 1.29 is 14.0 Å². The van der Waals surface area contributed by atoms with Gasteiger partial charge in [0.25, 0.3) is 17.4 Å². The molecule has 0 aliphatic rings. The van der Waals surface area contributed by atoms with Gasteiger partial charge in [0, 0.05) is 25.3 Å². The van der Waals surface area contributed by atoms with Crippen LogP contribution in [0, 0.1) is 0 Å². The van der Waals surface area contributed by atoms with Crippen LogP contribution in [-0.2, 0) is 13.6 Å². The molecular weight excluding hydrogens is 336 g/mol. The van der Waals surface area contributed by atoms with Crippen LogP contribution in [0.1, 0.15) is 26.6 Å². The van der Waals surface area contributed by atoms with Crippen LogP contribution in [0.5, 0.6) is 0 Å². The summed E-state index contributed by atoms with van der Waals surface area (Å²) >= 11 is 0. The fourth-order valence-electron chi connectivity index (χ4n) is 2.20. The molecule has 0 saturated carbocycles. The third-order valence-electron chi connectivity index (χ3n) is 3.60. The molecule has 2 N–H and O–H groups in total. The molecule has 0 bridgehead atoms. The van der Waals surface area contributed by atoms with E-state index in [0.717, 1.165) is 10.2 Å². The van der Waals surface area contributed by atoms with Gasteiger partial charge in [0.1, 0.15) is 5.69 Å². The van der Waals surface area contributed by atoms with E-state index in [-0.39, 0.29) is 35.4 Å². The van der Waals surface area contributed by atoms with Gasteiger partial charge >= 0.3 is 0 Å². The van der Waals surface area contributed by atoms with Crippen LogP contribution in [0.2, 0.25) is 0 Å². The van der Waals surface area contributed by atoms with Gasteiger partial charge in [-0.2, -0.15) is 5.10 Å². The maximum atomic E-state index is 12.1. The molecule has 0 aliphatic carbocycles. The summed E-state index contributed by atoms with van der Waals surface area (Å²) in [6, 6.07) is 12.9. The Kier molecular flexibility index (Phi) is 4.93. The van der Waals surface area contributed by atoms with Crippen molar-refractivity contribution in [2.24, 2.45) is 7.05 Å². The predicted molar refractivity (Wildman–Crippen MR) is 93.8 cm³/mol. The van der Waals surface area contributed by atoms with Crippen LogP contribution in [0.15, 0.2) is 64.0 Å². The smallest absolute Gasteiger partial charge is 0.291 e. The number of anilines is 1. The SMILES string of the molecule is Cn1nc(C(=O)NCc2ccc(NC(=O)c3ccco3)cc2)ccc1=O. The second-order valence-electron chi connectivity index (χ2n) is 5.49. The van der Waals surface area contributed by atoms with E-state index in [2.05, 4.69) is 15.7 Å². The molecule has 0 atom stereocenters. The molecule has 0 fully saturated rings. The largest absolute Gasteiger partial charge is 0.459 e. The highest BCUT2D eigenvalue weighted by Crippen LogP contribution is 2.12. The molecule has 3 rings (SSSR count). The number of carbonyl (C=O) groups is 2. The molecule has 2 aromatic heterocycles. The zero-order valence-electron chi connectivity index (χ0n) is 13.9.